The molecule has 0 N–H and O–H groups in total. The van der Waals surface area contributed by atoms with E-state index in [-0.39, 0.29) is 5.92 Å². The average molecular weight is 300 g/mol. The number of rotatable bonds is 3. The fourth-order valence-corrected chi connectivity index (χ4v) is 1.68. The predicted octanol–water partition coefficient (Wildman–Crippen LogP) is 3.85. The van der Waals surface area contributed by atoms with Crippen LogP contribution >= 0.6 is 15.9 Å². The molecule has 2 rings (SSSR count). The Morgan fingerprint density at radius 2 is 2.00 bits per heavy atom. The molecule has 0 saturated heterocycles. The molecule has 4 heteroatoms. The molecule has 0 aliphatic heterocycles. The molecule has 0 aliphatic rings. The summed E-state index contributed by atoms with van der Waals surface area (Å²) < 4.78 is 0.904. The van der Waals surface area contributed by atoms with Crippen molar-refractivity contribution in [2.75, 3.05) is 0 Å². The smallest absolute Gasteiger partial charge is 0.151 e. The number of nitriles is 1. The standard InChI is InChI=1S/C14H10BrN3/c15-13-6-7-14(18-10-13)17-9-12(8-16)11-4-2-1-3-5-11/h1-7,9-10,12H. The van der Waals surface area contributed by atoms with Gasteiger partial charge in [0.2, 0.25) is 0 Å². The highest BCUT2D eigenvalue weighted by Gasteiger charge is 2.06. The van der Waals surface area contributed by atoms with Crippen LogP contribution in [0, 0.1) is 11.3 Å². The van der Waals surface area contributed by atoms with Gasteiger partial charge in [-0.05, 0) is 33.6 Å². The van der Waals surface area contributed by atoms with Crippen molar-refractivity contribution in [1.29, 1.82) is 5.26 Å². The fourth-order valence-electron chi connectivity index (χ4n) is 1.45. The molecule has 0 amide bonds. The number of pyridine rings is 1. The fraction of sp³-hybridized carbons (Fsp3) is 0.0714. The lowest BCUT2D eigenvalue weighted by atomic mass is 10.0. The Balaban J connectivity index is 2.17. The highest BCUT2D eigenvalue weighted by molar-refractivity contribution is 9.10. The van der Waals surface area contributed by atoms with Crippen LogP contribution in [0.3, 0.4) is 0 Å². The summed E-state index contributed by atoms with van der Waals surface area (Å²) in [4.78, 5) is 8.34. The van der Waals surface area contributed by atoms with Crippen molar-refractivity contribution in [2.24, 2.45) is 4.99 Å². The van der Waals surface area contributed by atoms with E-state index in [0.29, 0.717) is 5.82 Å². The van der Waals surface area contributed by atoms with Crippen LogP contribution in [0.15, 0.2) is 58.1 Å². The van der Waals surface area contributed by atoms with Crippen molar-refractivity contribution in [3.63, 3.8) is 0 Å². The van der Waals surface area contributed by atoms with Crippen LogP contribution in [0.2, 0.25) is 0 Å². The molecule has 1 unspecified atom stereocenters. The van der Waals surface area contributed by atoms with Gasteiger partial charge in [-0.2, -0.15) is 5.26 Å². The van der Waals surface area contributed by atoms with Crippen LogP contribution in [0.25, 0.3) is 0 Å². The number of hydrogen-bond donors (Lipinski definition) is 0. The molecule has 1 heterocycles. The molecule has 0 bridgehead atoms. The lowest BCUT2D eigenvalue weighted by Gasteiger charge is -2.02. The zero-order valence-electron chi connectivity index (χ0n) is 9.49. The van der Waals surface area contributed by atoms with Crippen LogP contribution in [0.5, 0.6) is 0 Å². The van der Waals surface area contributed by atoms with Gasteiger partial charge in [0.25, 0.3) is 0 Å². The van der Waals surface area contributed by atoms with E-state index >= 15 is 0 Å². The van der Waals surface area contributed by atoms with Gasteiger partial charge >= 0.3 is 0 Å². The van der Waals surface area contributed by atoms with Gasteiger partial charge in [0.05, 0.1) is 6.07 Å². The Morgan fingerprint density at radius 1 is 1.22 bits per heavy atom. The van der Waals surface area contributed by atoms with Crippen LogP contribution in [0.4, 0.5) is 5.82 Å². The topological polar surface area (TPSA) is 49.0 Å². The van der Waals surface area contributed by atoms with E-state index in [9.17, 15) is 0 Å². The summed E-state index contributed by atoms with van der Waals surface area (Å²) in [5.41, 5.74) is 0.931. The van der Waals surface area contributed by atoms with E-state index in [1.165, 1.54) is 0 Å². The van der Waals surface area contributed by atoms with E-state index in [2.05, 4.69) is 32.0 Å². The summed E-state index contributed by atoms with van der Waals surface area (Å²) in [5, 5.41) is 9.13. The third kappa shape index (κ3) is 3.25. The second-order valence-corrected chi connectivity index (χ2v) is 4.55. The van der Waals surface area contributed by atoms with Crippen molar-refractivity contribution in [3.8, 4) is 6.07 Å². The summed E-state index contributed by atoms with van der Waals surface area (Å²) in [7, 11) is 0. The summed E-state index contributed by atoms with van der Waals surface area (Å²) in [6.45, 7) is 0. The molecule has 2 aromatic rings. The maximum atomic E-state index is 9.13. The first-order valence-electron chi connectivity index (χ1n) is 5.40. The summed E-state index contributed by atoms with van der Waals surface area (Å²) in [6, 6.07) is 15.4. The maximum absolute atomic E-state index is 9.13. The molecule has 1 aromatic carbocycles. The van der Waals surface area contributed by atoms with Gasteiger partial charge in [-0.15, -0.1) is 0 Å². The number of benzene rings is 1. The highest BCUT2D eigenvalue weighted by Crippen LogP contribution is 2.16. The van der Waals surface area contributed by atoms with Crippen LogP contribution in [0.1, 0.15) is 11.5 Å². The Hall–Kier alpha value is -1.99. The van der Waals surface area contributed by atoms with E-state index in [0.717, 1.165) is 10.0 Å². The minimum atomic E-state index is -0.350. The van der Waals surface area contributed by atoms with E-state index in [4.69, 9.17) is 5.26 Å². The van der Waals surface area contributed by atoms with Gasteiger partial charge in [0.1, 0.15) is 5.92 Å². The van der Waals surface area contributed by atoms with E-state index in [1.54, 1.807) is 18.5 Å². The molecule has 0 radical (unpaired) electrons. The lowest BCUT2D eigenvalue weighted by molar-refractivity contribution is 1.16. The molecule has 1 atom stereocenters. The minimum Gasteiger partial charge on any atom is -0.240 e. The van der Waals surface area contributed by atoms with Gasteiger partial charge in [0, 0.05) is 16.9 Å². The van der Waals surface area contributed by atoms with Crippen molar-refractivity contribution < 1.29 is 0 Å². The summed E-state index contributed by atoms with van der Waals surface area (Å²) in [5.74, 6) is 0.242. The number of aliphatic imine (C=N–C) groups is 1. The van der Waals surface area contributed by atoms with Crippen LogP contribution in [-0.4, -0.2) is 11.2 Å². The first-order valence-corrected chi connectivity index (χ1v) is 6.19. The second-order valence-electron chi connectivity index (χ2n) is 3.63. The Bertz CT molecular complexity index is 570. The monoisotopic (exact) mass is 299 g/mol. The normalized spacial score (nSPS) is 12.2. The molecule has 0 saturated carbocycles. The summed E-state index contributed by atoms with van der Waals surface area (Å²) >= 11 is 3.31. The van der Waals surface area contributed by atoms with Gasteiger partial charge < -0.3 is 0 Å². The molecule has 0 spiro atoms. The van der Waals surface area contributed by atoms with Gasteiger partial charge in [-0.1, -0.05) is 30.3 Å². The molecule has 0 fully saturated rings. The first kappa shape index (κ1) is 12.5. The molecule has 88 valence electrons. The van der Waals surface area contributed by atoms with Crippen LogP contribution < -0.4 is 0 Å². The van der Waals surface area contributed by atoms with Crippen LogP contribution in [-0.2, 0) is 0 Å². The third-order valence-corrected chi connectivity index (χ3v) is 2.83. The van der Waals surface area contributed by atoms with Gasteiger partial charge in [-0.25, -0.2) is 9.98 Å². The zero-order valence-corrected chi connectivity index (χ0v) is 11.1. The number of hydrogen-bond acceptors (Lipinski definition) is 3. The average Bonchev–Trinajstić information content (AvgIpc) is 2.43. The third-order valence-electron chi connectivity index (χ3n) is 2.37. The molecule has 0 aliphatic carbocycles. The highest BCUT2D eigenvalue weighted by atomic mass is 79.9. The van der Waals surface area contributed by atoms with E-state index in [1.807, 2.05) is 36.4 Å². The van der Waals surface area contributed by atoms with Gasteiger partial charge in [-0.3, -0.25) is 0 Å². The molecule has 3 nitrogen and oxygen atoms in total. The second kappa shape index (κ2) is 6.08. The number of aromatic nitrogens is 1. The Kier molecular flexibility index (Phi) is 4.21. The largest absolute Gasteiger partial charge is 0.240 e. The minimum absolute atomic E-state index is 0.350. The zero-order chi connectivity index (χ0) is 12.8. The van der Waals surface area contributed by atoms with Crippen molar-refractivity contribution in [2.45, 2.75) is 5.92 Å². The quantitative estimate of drug-likeness (QED) is 0.808. The van der Waals surface area contributed by atoms with Gasteiger partial charge in [0.15, 0.2) is 5.82 Å². The lowest BCUT2D eigenvalue weighted by Crippen LogP contribution is -1.96. The Morgan fingerprint density at radius 3 is 2.61 bits per heavy atom. The van der Waals surface area contributed by atoms with E-state index < -0.39 is 0 Å². The molecule has 1 aromatic heterocycles. The van der Waals surface area contributed by atoms with Crippen molar-refractivity contribution in [1.82, 2.24) is 4.98 Å². The molecule has 18 heavy (non-hydrogen) atoms. The van der Waals surface area contributed by atoms with Crippen molar-refractivity contribution >= 4 is 28.0 Å². The molecular weight excluding hydrogens is 290 g/mol. The maximum Gasteiger partial charge on any atom is 0.151 e. The first-order chi connectivity index (χ1) is 8.79. The number of nitrogens with zero attached hydrogens (tertiary/aromatic N) is 3. The Labute approximate surface area is 114 Å². The predicted molar refractivity (Wildman–Crippen MR) is 74.9 cm³/mol. The number of halogens is 1. The summed E-state index contributed by atoms with van der Waals surface area (Å²) in [6.07, 6.45) is 3.29. The SMILES string of the molecule is N#CC(C=Nc1ccc(Br)cn1)c1ccccc1. The van der Waals surface area contributed by atoms with Crippen molar-refractivity contribution in [3.05, 3.63) is 58.7 Å². The molecular formula is C14H10BrN3.